The molecule has 0 bridgehead atoms. The van der Waals surface area contributed by atoms with Crippen LogP contribution in [0.1, 0.15) is 27.9 Å². The van der Waals surface area contributed by atoms with Crippen molar-refractivity contribution in [3.05, 3.63) is 82.6 Å². The second-order valence-electron chi connectivity index (χ2n) is 5.90. The molecule has 5 nitrogen and oxygen atoms in total. The first-order valence-electron chi connectivity index (χ1n) is 7.92. The minimum atomic E-state index is -1.06. The van der Waals surface area contributed by atoms with Gasteiger partial charge in [-0.1, -0.05) is 18.2 Å². The number of fused-ring (bicyclic) bond motifs is 2. The highest BCUT2D eigenvalue weighted by molar-refractivity contribution is 7.47. The second-order valence-corrected chi connectivity index (χ2v) is 6.09. The monoisotopic (exact) mass is 363 g/mol. The molecule has 0 aromatic heterocycles. The summed E-state index contributed by atoms with van der Waals surface area (Å²) in [4.78, 5) is 11.9. The molecule has 0 radical (unpaired) electrons. The zero-order valence-electron chi connectivity index (χ0n) is 13.5. The molecule has 0 saturated carbocycles. The van der Waals surface area contributed by atoms with E-state index in [1.807, 2.05) is 18.2 Å². The molecule has 26 heavy (non-hydrogen) atoms. The third kappa shape index (κ3) is 2.60. The summed E-state index contributed by atoms with van der Waals surface area (Å²) in [6.45, 7) is 0. The van der Waals surface area contributed by atoms with E-state index in [1.165, 1.54) is 12.1 Å². The molecule has 128 valence electrons. The molecule has 2 aromatic rings. The summed E-state index contributed by atoms with van der Waals surface area (Å²) in [5.41, 5.74) is 3.33. The summed E-state index contributed by atoms with van der Waals surface area (Å²) in [5, 5.41) is 19.5. The van der Waals surface area contributed by atoms with Crippen molar-refractivity contribution in [3.8, 4) is 11.5 Å². The van der Waals surface area contributed by atoms with Crippen molar-refractivity contribution in [2.75, 3.05) is 0 Å². The number of aromatic hydroxyl groups is 1. The number of ether oxygens (including phenoxy) is 1. The quantitative estimate of drug-likeness (QED) is 0.840. The largest absolute Gasteiger partial charge is 0.508 e. The van der Waals surface area contributed by atoms with Gasteiger partial charge in [-0.2, -0.15) is 4.36 Å². The lowest BCUT2D eigenvalue weighted by Crippen LogP contribution is -2.13. The maximum atomic E-state index is 11.9. The van der Waals surface area contributed by atoms with Crippen molar-refractivity contribution in [1.82, 2.24) is 0 Å². The number of carboxylic acid groups (broad SMARTS) is 1. The lowest BCUT2D eigenvalue weighted by molar-refractivity contribution is 0.0696. The molecule has 0 spiro atoms. The lowest BCUT2D eigenvalue weighted by atomic mass is 9.85. The van der Waals surface area contributed by atoms with Crippen LogP contribution in [0.2, 0.25) is 0 Å². The average molecular weight is 363 g/mol. The van der Waals surface area contributed by atoms with Crippen LogP contribution in [0, 0.1) is 0 Å². The Hall–Kier alpha value is -3.25. The third-order valence-corrected chi connectivity index (χ3v) is 4.53. The molecule has 1 aliphatic carbocycles. The van der Waals surface area contributed by atoms with E-state index in [0.717, 1.165) is 17.6 Å². The minimum absolute atomic E-state index is 0.0808. The predicted octanol–water partition coefficient (Wildman–Crippen LogP) is 4.49. The second kappa shape index (κ2) is 6.24. The summed E-state index contributed by atoms with van der Waals surface area (Å²) in [5.74, 6) is 0.149. The van der Waals surface area contributed by atoms with Crippen molar-refractivity contribution < 1.29 is 19.7 Å². The van der Waals surface area contributed by atoms with Crippen molar-refractivity contribution >= 4 is 29.7 Å². The molecule has 0 unspecified atom stereocenters. The first-order chi connectivity index (χ1) is 12.6. The number of carboxylic acids is 1. The van der Waals surface area contributed by atoms with Gasteiger partial charge in [0.05, 0.1) is 11.3 Å². The molecule has 6 heteroatoms. The fraction of sp³-hybridized carbons (Fsp3) is 0.0500. The molecule has 0 amide bonds. The molecular formula is C20H13NO4S. The van der Waals surface area contributed by atoms with E-state index in [9.17, 15) is 15.0 Å². The standard InChI is InChI=1S/C20H13NO4S/c22-12-6-8-15-18(10-12)25-17-4-2-1-3-14(17)19(15)13-7-5-11(21-26)9-16(13)20(23)24/h1,3-10,22H,2H2,(H,23,24). The summed E-state index contributed by atoms with van der Waals surface area (Å²) in [7, 11) is 0. The Kier molecular flexibility index (Phi) is 3.89. The highest BCUT2D eigenvalue weighted by Crippen LogP contribution is 2.45. The van der Waals surface area contributed by atoms with Gasteiger partial charge < -0.3 is 14.9 Å². The van der Waals surface area contributed by atoms with E-state index in [1.54, 1.807) is 24.3 Å². The number of nitrogens with zero attached hydrogens (tertiary/aromatic N) is 1. The SMILES string of the molecule is O=C(O)c1cc(N=S)ccc1C1=C2C=CCC=C2Oc2cc(O)ccc21. The highest BCUT2D eigenvalue weighted by atomic mass is 32.1. The highest BCUT2D eigenvalue weighted by Gasteiger charge is 2.28. The van der Waals surface area contributed by atoms with Crippen LogP contribution in [0.3, 0.4) is 0 Å². The predicted molar refractivity (Wildman–Crippen MR) is 99.5 cm³/mol. The number of carbonyl (C=O) groups is 1. The van der Waals surface area contributed by atoms with Gasteiger partial charge in [-0.25, -0.2) is 4.79 Å². The molecule has 2 N–H and O–H groups in total. The van der Waals surface area contributed by atoms with Crippen LogP contribution in [0.5, 0.6) is 11.5 Å². The summed E-state index contributed by atoms with van der Waals surface area (Å²) >= 11 is 4.69. The Labute approximate surface area is 154 Å². The number of phenolic OH excluding ortho intramolecular Hbond substituents is 1. The van der Waals surface area contributed by atoms with Gasteiger partial charge in [0.25, 0.3) is 0 Å². The number of aromatic carboxylic acids is 1. The maximum absolute atomic E-state index is 11.9. The van der Waals surface area contributed by atoms with Gasteiger partial charge in [0.15, 0.2) is 0 Å². The minimum Gasteiger partial charge on any atom is -0.508 e. The van der Waals surface area contributed by atoms with Crippen LogP contribution in [-0.4, -0.2) is 16.2 Å². The first kappa shape index (κ1) is 16.2. The molecule has 4 rings (SSSR count). The number of phenols is 1. The van der Waals surface area contributed by atoms with Crippen LogP contribution >= 0.6 is 0 Å². The van der Waals surface area contributed by atoms with E-state index in [0.29, 0.717) is 28.3 Å². The fourth-order valence-electron chi connectivity index (χ4n) is 3.20. The Balaban J connectivity index is 2.05. The molecule has 2 aliphatic rings. The number of benzene rings is 2. The molecule has 1 aliphatic heterocycles. The van der Waals surface area contributed by atoms with E-state index in [2.05, 4.69) is 16.8 Å². The van der Waals surface area contributed by atoms with Crippen molar-refractivity contribution in [2.24, 2.45) is 4.36 Å². The summed E-state index contributed by atoms with van der Waals surface area (Å²) in [6.07, 6.45) is 6.56. The Bertz CT molecular complexity index is 1050. The fourth-order valence-corrected chi connectivity index (χ4v) is 3.31. The van der Waals surface area contributed by atoms with Gasteiger partial charge in [-0.3, -0.25) is 0 Å². The Morgan fingerprint density at radius 3 is 2.73 bits per heavy atom. The van der Waals surface area contributed by atoms with Gasteiger partial charge in [0.2, 0.25) is 0 Å². The van der Waals surface area contributed by atoms with Crippen molar-refractivity contribution in [2.45, 2.75) is 6.42 Å². The number of allylic oxidation sites excluding steroid dienone is 3. The van der Waals surface area contributed by atoms with Crippen LogP contribution in [0.15, 0.2) is 70.3 Å². The Morgan fingerprint density at radius 1 is 1.15 bits per heavy atom. The smallest absolute Gasteiger partial charge is 0.336 e. The van der Waals surface area contributed by atoms with Crippen molar-refractivity contribution in [1.29, 1.82) is 0 Å². The van der Waals surface area contributed by atoms with E-state index >= 15 is 0 Å². The third-order valence-electron chi connectivity index (χ3n) is 4.32. The van der Waals surface area contributed by atoms with Gasteiger partial charge in [-0.15, -0.1) is 0 Å². The van der Waals surface area contributed by atoms with Gasteiger partial charge >= 0.3 is 5.97 Å². The summed E-state index contributed by atoms with van der Waals surface area (Å²) < 4.78 is 9.58. The number of hydrogen-bond acceptors (Lipinski definition) is 5. The number of hydrogen-bond donors (Lipinski definition) is 2. The zero-order chi connectivity index (χ0) is 18.3. The first-order valence-corrected chi connectivity index (χ1v) is 8.28. The molecule has 0 saturated heterocycles. The van der Waals surface area contributed by atoms with Crippen molar-refractivity contribution in [3.63, 3.8) is 0 Å². The van der Waals surface area contributed by atoms with Crippen LogP contribution < -0.4 is 4.74 Å². The average Bonchev–Trinajstić information content (AvgIpc) is 2.65. The topological polar surface area (TPSA) is 79.1 Å². The van der Waals surface area contributed by atoms with E-state index in [-0.39, 0.29) is 11.3 Å². The van der Waals surface area contributed by atoms with E-state index in [4.69, 9.17) is 4.74 Å². The van der Waals surface area contributed by atoms with Gasteiger partial charge in [-0.05, 0) is 42.3 Å². The molecule has 1 heterocycles. The zero-order valence-corrected chi connectivity index (χ0v) is 14.3. The van der Waals surface area contributed by atoms with Gasteiger partial charge in [0, 0.05) is 35.2 Å². The molecule has 0 fully saturated rings. The molecule has 0 atom stereocenters. The van der Waals surface area contributed by atoms with Crippen LogP contribution in [0.4, 0.5) is 5.69 Å². The lowest BCUT2D eigenvalue weighted by Gasteiger charge is -2.27. The van der Waals surface area contributed by atoms with Crippen LogP contribution in [-0.2, 0) is 12.4 Å². The molecule has 2 aromatic carbocycles. The number of rotatable bonds is 3. The van der Waals surface area contributed by atoms with Gasteiger partial charge in [0.1, 0.15) is 17.3 Å². The van der Waals surface area contributed by atoms with Crippen LogP contribution in [0.25, 0.3) is 5.57 Å². The normalized spacial score (nSPS) is 14.8. The maximum Gasteiger partial charge on any atom is 0.336 e. The summed E-state index contributed by atoms with van der Waals surface area (Å²) in [6, 6.07) is 9.66. The molecular weight excluding hydrogens is 350 g/mol. The van der Waals surface area contributed by atoms with E-state index < -0.39 is 5.97 Å². The Morgan fingerprint density at radius 2 is 1.96 bits per heavy atom.